The van der Waals surface area contributed by atoms with Crippen LogP contribution in [-0.2, 0) is 20.4 Å². The van der Waals surface area contributed by atoms with E-state index in [1.165, 1.54) is 24.0 Å². The number of sulfone groups is 1. The quantitative estimate of drug-likeness (QED) is 0.782. The largest absolute Gasteiger partial charge is 0.314 e. The number of hydrogen-bond acceptors (Lipinski definition) is 3. The zero-order valence-electron chi connectivity index (χ0n) is 13.2. The van der Waals surface area contributed by atoms with Gasteiger partial charge in [0.1, 0.15) is 5.25 Å². The minimum atomic E-state index is -3.69. The van der Waals surface area contributed by atoms with Gasteiger partial charge >= 0.3 is 0 Å². The number of halogens is 2. The van der Waals surface area contributed by atoms with E-state index in [1.807, 2.05) is 6.07 Å². The predicted octanol–water partition coefficient (Wildman–Crippen LogP) is 3.96. The number of benzene rings is 2. The molecule has 0 aliphatic rings. The van der Waals surface area contributed by atoms with Crippen molar-refractivity contribution in [3.05, 3.63) is 64.1 Å². The molecule has 0 aromatic heterocycles. The Morgan fingerprint density at radius 1 is 1.08 bits per heavy atom. The van der Waals surface area contributed by atoms with Crippen molar-refractivity contribution in [1.29, 1.82) is 0 Å². The van der Waals surface area contributed by atoms with Crippen molar-refractivity contribution in [2.24, 2.45) is 0 Å². The van der Waals surface area contributed by atoms with Gasteiger partial charge in [-0.2, -0.15) is 0 Å². The van der Waals surface area contributed by atoms with Gasteiger partial charge in [-0.25, -0.2) is 8.42 Å². The molecular weight excluding hydrogens is 369 g/mol. The zero-order chi connectivity index (χ0) is 17.9. The fourth-order valence-corrected chi connectivity index (χ4v) is 3.87. The maximum atomic E-state index is 12.5. The van der Waals surface area contributed by atoms with E-state index in [9.17, 15) is 13.2 Å². The smallest absolute Gasteiger partial charge is 0.244 e. The van der Waals surface area contributed by atoms with Crippen LogP contribution in [0.25, 0.3) is 0 Å². The van der Waals surface area contributed by atoms with E-state index in [0.717, 1.165) is 0 Å². The lowest BCUT2D eigenvalue weighted by atomic mass is 10.2. The van der Waals surface area contributed by atoms with E-state index in [0.29, 0.717) is 16.3 Å². The van der Waals surface area contributed by atoms with Crippen molar-refractivity contribution in [1.82, 2.24) is 0 Å². The molecule has 128 valence electrons. The molecule has 0 aliphatic carbocycles. The summed E-state index contributed by atoms with van der Waals surface area (Å²) >= 11 is 11.7. The highest BCUT2D eigenvalue weighted by molar-refractivity contribution is 7.92. The van der Waals surface area contributed by atoms with Gasteiger partial charge in [-0.1, -0.05) is 47.5 Å². The molecule has 2 rings (SSSR count). The predicted molar refractivity (Wildman–Crippen MR) is 98.4 cm³/mol. The minimum Gasteiger partial charge on any atom is -0.314 e. The molecule has 7 heteroatoms. The number of rotatable bonds is 5. The molecule has 0 bridgehead atoms. The molecule has 0 radical (unpaired) electrons. The fraction of sp³-hybridized carbons (Fsp3) is 0.235. The van der Waals surface area contributed by atoms with E-state index >= 15 is 0 Å². The number of amides is 1. The molecule has 0 spiro atoms. The third-order valence-electron chi connectivity index (χ3n) is 3.71. The topological polar surface area (TPSA) is 54.5 Å². The molecule has 24 heavy (non-hydrogen) atoms. The Hall–Kier alpha value is -1.56. The van der Waals surface area contributed by atoms with E-state index in [-0.39, 0.29) is 10.8 Å². The standard InChI is InChI=1S/C17H17Cl2NO3S/c1-12(17(21)20(2)14-6-4-3-5-7-14)24(22,23)11-13-8-9-15(18)16(19)10-13/h3-10,12H,11H2,1-2H3/t12-/m1/s1. The van der Waals surface area contributed by atoms with Crippen LogP contribution in [0.1, 0.15) is 12.5 Å². The minimum absolute atomic E-state index is 0.278. The third-order valence-corrected chi connectivity index (χ3v) is 6.47. The summed E-state index contributed by atoms with van der Waals surface area (Å²) in [6, 6.07) is 13.5. The van der Waals surface area contributed by atoms with Gasteiger partial charge in [0.05, 0.1) is 15.8 Å². The maximum absolute atomic E-state index is 12.5. The van der Waals surface area contributed by atoms with Crippen LogP contribution in [0.2, 0.25) is 10.0 Å². The van der Waals surface area contributed by atoms with Gasteiger partial charge < -0.3 is 4.90 Å². The SMILES string of the molecule is C[C@H](C(=O)N(C)c1ccccc1)S(=O)(=O)Cc1ccc(Cl)c(Cl)c1. The lowest BCUT2D eigenvalue weighted by molar-refractivity contribution is -0.117. The van der Waals surface area contributed by atoms with E-state index in [2.05, 4.69) is 0 Å². The van der Waals surface area contributed by atoms with Crippen LogP contribution in [0.5, 0.6) is 0 Å². The molecule has 2 aromatic rings. The summed E-state index contributed by atoms with van der Waals surface area (Å²) in [5, 5.41) is -0.535. The summed E-state index contributed by atoms with van der Waals surface area (Å²) in [7, 11) is -2.13. The fourth-order valence-electron chi connectivity index (χ4n) is 2.19. The Labute approximate surface area is 151 Å². The van der Waals surface area contributed by atoms with Crippen molar-refractivity contribution < 1.29 is 13.2 Å². The first-order valence-electron chi connectivity index (χ1n) is 7.20. The molecule has 0 N–H and O–H groups in total. The first-order valence-corrected chi connectivity index (χ1v) is 9.67. The number of nitrogens with zero attached hydrogens (tertiary/aromatic N) is 1. The Morgan fingerprint density at radius 3 is 2.29 bits per heavy atom. The molecule has 1 atom stereocenters. The molecule has 0 unspecified atom stereocenters. The second-order valence-corrected chi connectivity index (χ2v) is 8.57. The van der Waals surface area contributed by atoms with Crippen LogP contribution in [-0.4, -0.2) is 26.6 Å². The first-order chi connectivity index (χ1) is 11.2. The van der Waals surface area contributed by atoms with Crippen LogP contribution in [0.3, 0.4) is 0 Å². The molecule has 4 nitrogen and oxygen atoms in total. The number of carbonyl (C=O) groups is 1. The number of anilines is 1. The normalized spacial score (nSPS) is 12.7. The van der Waals surface area contributed by atoms with Crippen molar-refractivity contribution in [3.63, 3.8) is 0 Å². The van der Waals surface area contributed by atoms with Crippen molar-refractivity contribution in [2.45, 2.75) is 17.9 Å². The van der Waals surface area contributed by atoms with Crippen molar-refractivity contribution in [2.75, 3.05) is 11.9 Å². The molecular formula is C17H17Cl2NO3S. The molecule has 0 saturated heterocycles. The average Bonchev–Trinajstić information content (AvgIpc) is 2.56. The van der Waals surface area contributed by atoms with Crippen LogP contribution in [0, 0.1) is 0 Å². The van der Waals surface area contributed by atoms with E-state index < -0.39 is 21.0 Å². The number of para-hydroxylation sites is 1. The number of carbonyl (C=O) groups excluding carboxylic acids is 1. The lowest BCUT2D eigenvalue weighted by Crippen LogP contribution is -2.39. The van der Waals surface area contributed by atoms with Crippen LogP contribution in [0.4, 0.5) is 5.69 Å². The summed E-state index contributed by atoms with van der Waals surface area (Å²) < 4.78 is 25.1. The average molecular weight is 386 g/mol. The zero-order valence-corrected chi connectivity index (χ0v) is 15.6. The first kappa shape index (κ1) is 18.8. The van der Waals surface area contributed by atoms with Gasteiger partial charge in [-0.3, -0.25) is 4.79 Å². The monoisotopic (exact) mass is 385 g/mol. The maximum Gasteiger partial charge on any atom is 0.244 e. The highest BCUT2D eigenvalue weighted by Gasteiger charge is 2.31. The van der Waals surface area contributed by atoms with Crippen molar-refractivity contribution >= 4 is 44.6 Å². The Kier molecular flexibility index (Phi) is 5.91. The Balaban J connectivity index is 2.18. The van der Waals surface area contributed by atoms with Gasteiger partial charge in [0.2, 0.25) is 5.91 Å². The lowest BCUT2D eigenvalue weighted by Gasteiger charge is -2.21. The van der Waals surface area contributed by atoms with Gasteiger partial charge in [0.25, 0.3) is 0 Å². The second kappa shape index (κ2) is 7.55. The second-order valence-electron chi connectivity index (χ2n) is 5.43. The number of hydrogen-bond donors (Lipinski definition) is 0. The highest BCUT2D eigenvalue weighted by Crippen LogP contribution is 2.24. The molecule has 1 amide bonds. The third kappa shape index (κ3) is 4.29. The van der Waals surface area contributed by atoms with Gasteiger partial charge in [0, 0.05) is 12.7 Å². The summed E-state index contributed by atoms with van der Waals surface area (Å²) in [4.78, 5) is 13.8. The van der Waals surface area contributed by atoms with E-state index in [1.54, 1.807) is 37.4 Å². The summed E-state index contributed by atoms with van der Waals surface area (Å²) in [5.74, 6) is -0.763. The van der Waals surface area contributed by atoms with E-state index in [4.69, 9.17) is 23.2 Å². The summed E-state index contributed by atoms with van der Waals surface area (Å²) in [6.45, 7) is 1.40. The molecule has 2 aromatic carbocycles. The van der Waals surface area contributed by atoms with Gasteiger partial charge in [-0.05, 0) is 36.8 Å². The van der Waals surface area contributed by atoms with Crippen LogP contribution >= 0.6 is 23.2 Å². The van der Waals surface area contributed by atoms with Crippen molar-refractivity contribution in [3.8, 4) is 0 Å². The molecule has 0 aliphatic heterocycles. The Bertz CT molecular complexity index is 838. The van der Waals surface area contributed by atoms with Gasteiger partial charge in [-0.15, -0.1) is 0 Å². The molecule has 0 saturated carbocycles. The molecule has 0 fully saturated rings. The highest BCUT2D eigenvalue weighted by atomic mass is 35.5. The van der Waals surface area contributed by atoms with Crippen LogP contribution in [0.15, 0.2) is 48.5 Å². The Morgan fingerprint density at radius 2 is 1.71 bits per heavy atom. The van der Waals surface area contributed by atoms with Gasteiger partial charge in [0.15, 0.2) is 9.84 Å². The van der Waals surface area contributed by atoms with Crippen LogP contribution < -0.4 is 4.90 Å². The molecule has 0 heterocycles. The summed E-state index contributed by atoms with van der Waals surface area (Å²) in [6.07, 6.45) is 0. The summed E-state index contributed by atoms with van der Waals surface area (Å²) in [5.41, 5.74) is 1.13.